The number of hydrogen-bond donors (Lipinski definition) is 3. The Morgan fingerprint density at radius 3 is 2.50 bits per heavy atom. The molecule has 13 heteroatoms. The summed E-state index contributed by atoms with van der Waals surface area (Å²) in [6.45, 7) is 6.48. The summed E-state index contributed by atoms with van der Waals surface area (Å²) in [5, 5.41) is 9.28. The van der Waals surface area contributed by atoms with Gasteiger partial charge in [-0.15, -0.1) is 11.3 Å². The standard InChI is InChI=1S/C33H35FN5O5PS/c1-42-15-16-43-14-13-35-20-22-7-9-27(37-21-22)31-19-28-32(46-31)30(11-12-36-28)44-29-10-8-24(18-26(29)34)39-33(40)38-23-5-4-6-25(17-23)45(2,3)41/h4-12,17-19,21,35H,13-16,20H2,1-3H3,(H2,38,39,40). The largest absolute Gasteiger partial charge is 0.453 e. The molecule has 0 spiro atoms. The van der Waals surface area contributed by atoms with E-state index < -0.39 is 19.0 Å². The summed E-state index contributed by atoms with van der Waals surface area (Å²) < 4.78 is 44.6. The monoisotopic (exact) mass is 663 g/mol. The van der Waals surface area contributed by atoms with Crippen molar-refractivity contribution in [3.8, 4) is 22.1 Å². The number of nitrogens with zero attached hydrogens (tertiary/aromatic N) is 2. The molecule has 3 heterocycles. The number of pyridine rings is 2. The summed E-state index contributed by atoms with van der Waals surface area (Å²) in [4.78, 5) is 22.5. The number of hydrogen-bond acceptors (Lipinski definition) is 9. The molecule has 3 aromatic heterocycles. The topological polar surface area (TPSA) is 124 Å². The highest BCUT2D eigenvalue weighted by atomic mass is 32.1. The average molecular weight is 664 g/mol. The quantitative estimate of drug-likeness (QED) is 0.0863. The number of thiophene rings is 1. The Hall–Kier alpha value is -4.19. The Labute approximate surface area is 270 Å². The molecule has 0 bridgehead atoms. The van der Waals surface area contributed by atoms with Gasteiger partial charge in [-0.1, -0.05) is 18.2 Å². The number of carbonyl (C=O) groups is 1. The van der Waals surface area contributed by atoms with E-state index in [4.69, 9.17) is 14.2 Å². The molecule has 3 N–H and O–H groups in total. The summed E-state index contributed by atoms with van der Waals surface area (Å²) in [5.41, 5.74) is 3.28. The van der Waals surface area contributed by atoms with Crippen molar-refractivity contribution in [2.75, 3.05) is 57.4 Å². The van der Waals surface area contributed by atoms with Crippen LogP contribution in [0.25, 0.3) is 20.8 Å². The van der Waals surface area contributed by atoms with Gasteiger partial charge in [-0.2, -0.15) is 0 Å². The molecular formula is C33H35FN5O5PS. The van der Waals surface area contributed by atoms with E-state index in [1.165, 1.54) is 23.5 Å². The first-order valence-electron chi connectivity index (χ1n) is 14.5. The van der Waals surface area contributed by atoms with E-state index >= 15 is 4.39 Å². The van der Waals surface area contributed by atoms with Gasteiger partial charge in [0, 0.05) is 61.4 Å². The number of methoxy groups -OCH3 is 1. The molecule has 2 amide bonds. The van der Waals surface area contributed by atoms with Gasteiger partial charge >= 0.3 is 6.03 Å². The van der Waals surface area contributed by atoms with Gasteiger partial charge in [0.15, 0.2) is 11.6 Å². The van der Waals surface area contributed by atoms with Crippen LogP contribution in [0.1, 0.15) is 5.56 Å². The molecule has 0 fully saturated rings. The maximum atomic E-state index is 15.1. The number of aromatic nitrogens is 2. The fourth-order valence-electron chi connectivity index (χ4n) is 4.41. The van der Waals surface area contributed by atoms with E-state index in [-0.39, 0.29) is 11.4 Å². The van der Waals surface area contributed by atoms with Gasteiger partial charge in [0.1, 0.15) is 12.9 Å². The third kappa shape index (κ3) is 8.96. The van der Waals surface area contributed by atoms with Crippen LogP contribution in [0.3, 0.4) is 0 Å². The summed E-state index contributed by atoms with van der Waals surface area (Å²) >= 11 is 1.46. The maximum Gasteiger partial charge on any atom is 0.323 e. The van der Waals surface area contributed by atoms with Gasteiger partial charge in [-0.3, -0.25) is 9.97 Å². The number of ether oxygens (including phenoxy) is 3. The minimum absolute atomic E-state index is 0.00169. The fourth-order valence-corrected chi connectivity index (χ4v) is 6.35. The summed E-state index contributed by atoms with van der Waals surface area (Å²) in [5.74, 6) is -0.190. The highest BCUT2D eigenvalue weighted by Gasteiger charge is 2.15. The van der Waals surface area contributed by atoms with E-state index in [1.807, 2.05) is 24.4 Å². The molecule has 0 aliphatic carbocycles. The zero-order chi connectivity index (χ0) is 32.5. The molecule has 240 valence electrons. The summed E-state index contributed by atoms with van der Waals surface area (Å²) in [6.07, 6.45) is 3.44. The third-order valence-electron chi connectivity index (χ3n) is 6.77. The van der Waals surface area contributed by atoms with Gasteiger partial charge in [-0.05, 0) is 55.3 Å². The molecule has 0 unspecified atom stereocenters. The van der Waals surface area contributed by atoms with Crippen LogP contribution in [0, 0.1) is 5.82 Å². The number of amides is 2. The number of halogens is 1. The molecule has 0 saturated heterocycles. The first kappa shape index (κ1) is 33.2. The summed E-state index contributed by atoms with van der Waals surface area (Å²) in [6, 6.07) is 18.1. The third-order valence-corrected chi connectivity index (χ3v) is 9.46. The Morgan fingerprint density at radius 1 is 0.935 bits per heavy atom. The second-order valence-electron chi connectivity index (χ2n) is 10.7. The smallest absolute Gasteiger partial charge is 0.323 e. The minimum Gasteiger partial charge on any atom is -0.453 e. The zero-order valence-corrected chi connectivity index (χ0v) is 27.4. The Morgan fingerprint density at radius 2 is 1.76 bits per heavy atom. The normalized spacial score (nSPS) is 11.5. The Balaban J connectivity index is 1.20. The molecule has 0 saturated carbocycles. The molecule has 0 atom stereocenters. The number of fused-ring (bicyclic) bond motifs is 1. The lowest BCUT2D eigenvalue weighted by Crippen LogP contribution is -2.20. The first-order chi connectivity index (χ1) is 22.2. The van der Waals surface area contributed by atoms with Crippen LogP contribution < -0.4 is 26.0 Å². The van der Waals surface area contributed by atoms with E-state index in [2.05, 4.69) is 25.9 Å². The summed E-state index contributed by atoms with van der Waals surface area (Å²) in [7, 11) is -0.838. The van der Waals surface area contributed by atoms with E-state index in [0.29, 0.717) is 48.6 Å². The molecule has 10 nitrogen and oxygen atoms in total. The van der Waals surface area contributed by atoms with Crippen LogP contribution >= 0.6 is 18.5 Å². The van der Waals surface area contributed by atoms with E-state index in [0.717, 1.165) is 27.4 Å². The predicted octanol–water partition coefficient (Wildman–Crippen LogP) is 6.93. The van der Waals surface area contributed by atoms with Crippen molar-refractivity contribution in [2.45, 2.75) is 6.54 Å². The number of rotatable bonds is 14. The molecule has 5 rings (SSSR count). The highest BCUT2D eigenvalue weighted by molar-refractivity contribution is 7.70. The lowest BCUT2D eigenvalue weighted by atomic mass is 10.2. The molecule has 0 aliphatic heterocycles. The number of nitrogens with one attached hydrogen (secondary N) is 3. The fraction of sp³-hybridized carbons (Fsp3) is 0.242. The Bertz CT molecular complexity index is 1850. The lowest BCUT2D eigenvalue weighted by molar-refractivity contribution is 0.0719. The number of carbonyl (C=O) groups excluding carboxylic acids is 1. The van der Waals surface area contributed by atoms with Gasteiger partial charge in [0.2, 0.25) is 0 Å². The molecule has 0 radical (unpaired) electrons. The lowest BCUT2D eigenvalue weighted by Gasteiger charge is -2.12. The van der Waals surface area contributed by atoms with Crippen LogP contribution in [-0.4, -0.2) is 62.8 Å². The van der Waals surface area contributed by atoms with Crippen LogP contribution in [0.5, 0.6) is 11.5 Å². The van der Waals surface area contributed by atoms with Crippen molar-refractivity contribution >= 4 is 51.4 Å². The van der Waals surface area contributed by atoms with Crippen LogP contribution in [-0.2, 0) is 20.6 Å². The molecule has 0 aliphatic rings. The molecule has 46 heavy (non-hydrogen) atoms. The number of anilines is 2. The molecule has 5 aromatic rings. The van der Waals surface area contributed by atoms with Crippen molar-refractivity contribution < 1.29 is 28.0 Å². The second-order valence-corrected chi connectivity index (χ2v) is 15.0. The van der Waals surface area contributed by atoms with Crippen molar-refractivity contribution in [2.24, 2.45) is 0 Å². The zero-order valence-electron chi connectivity index (χ0n) is 25.7. The second kappa shape index (κ2) is 15.4. The van der Waals surface area contributed by atoms with Crippen molar-refractivity contribution in [1.82, 2.24) is 15.3 Å². The van der Waals surface area contributed by atoms with Crippen molar-refractivity contribution in [3.05, 3.63) is 90.5 Å². The van der Waals surface area contributed by atoms with Gasteiger partial charge in [0.05, 0.1) is 40.6 Å². The highest BCUT2D eigenvalue weighted by Crippen LogP contribution is 2.39. The van der Waals surface area contributed by atoms with Gasteiger partial charge in [-0.25, -0.2) is 9.18 Å². The van der Waals surface area contributed by atoms with Crippen LogP contribution in [0.2, 0.25) is 0 Å². The number of benzene rings is 2. The molecular weight excluding hydrogens is 628 g/mol. The van der Waals surface area contributed by atoms with Crippen molar-refractivity contribution in [3.63, 3.8) is 0 Å². The minimum atomic E-state index is -2.49. The van der Waals surface area contributed by atoms with Gasteiger partial charge < -0.3 is 34.7 Å². The van der Waals surface area contributed by atoms with E-state index in [9.17, 15) is 9.36 Å². The van der Waals surface area contributed by atoms with Crippen molar-refractivity contribution in [1.29, 1.82) is 0 Å². The average Bonchev–Trinajstić information content (AvgIpc) is 3.47. The van der Waals surface area contributed by atoms with Crippen LogP contribution in [0.15, 0.2) is 79.1 Å². The maximum absolute atomic E-state index is 15.1. The van der Waals surface area contributed by atoms with Crippen LogP contribution in [0.4, 0.5) is 20.6 Å². The molecule has 2 aromatic carbocycles. The predicted molar refractivity (Wildman–Crippen MR) is 182 cm³/mol. The SMILES string of the molecule is COCCOCCNCc1ccc(-c2cc3nccc(Oc4ccc(NC(=O)Nc5cccc(P(C)(C)=O)c5)cc4F)c3s2)nc1. The number of urea groups is 1. The van der Waals surface area contributed by atoms with E-state index in [1.54, 1.807) is 63.0 Å². The van der Waals surface area contributed by atoms with Gasteiger partial charge in [0.25, 0.3) is 0 Å². The Kier molecular flexibility index (Phi) is 11.1. The first-order valence-corrected chi connectivity index (χ1v) is 17.9.